The van der Waals surface area contributed by atoms with E-state index in [1.165, 1.54) is 4.90 Å². The summed E-state index contributed by atoms with van der Waals surface area (Å²) in [5.41, 5.74) is 2.67. The van der Waals surface area contributed by atoms with Crippen LogP contribution in [0.2, 0.25) is 0 Å². The van der Waals surface area contributed by atoms with Crippen LogP contribution in [0, 0.1) is 6.92 Å². The molecule has 4 heteroatoms. The highest BCUT2D eigenvalue weighted by Crippen LogP contribution is 2.15. The highest BCUT2D eigenvalue weighted by molar-refractivity contribution is 6.06. The Morgan fingerprint density at radius 1 is 1.32 bits per heavy atom. The van der Waals surface area contributed by atoms with Gasteiger partial charge in [0.25, 0.3) is 5.91 Å². The van der Waals surface area contributed by atoms with Crippen LogP contribution in [0.15, 0.2) is 42.7 Å². The number of aldehydes is 1. The number of carbonyl (C=O) groups is 2. The zero-order chi connectivity index (χ0) is 13.8. The Labute approximate surface area is 111 Å². The second-order valence-corrected chi connectivity index (χ2v) is 4.26. The summed E-state index contributed by atoms with van der Waals surface area (Å²) >= 11 is 0. The molecule has 2 aromatic rings. The topological polar surface area (TPSA) is 50.3 Å². The van der Waals surface area contributed by atoms with Crippen LogP contribution in [0.3, 0.4) is 0 Å². The molecule has 0 fully saturated rings. The van der Waals surface area contributed by atoms with Crippen molar-refractivity contribution in [1.82, 2.24) is 4.98 Å². The molecule has 1 heterocycles. The third-order valence-corrected chi connectivity index (χ3v) is 2.98. The average Bonchev–Trinajstić information content (AvgIpc) is 2.46. The van der Waals surface area contributed by atoms with Crippen molar-refractivity contribution in [3.05, 3.63) is 59.4 Å². The van der Waals surface area contributed by atoms with E-state index < -0.39 is 0 Å². The molecule has 1 aromatic carbocycles. The molecule has 19 heavy (non-hydrogen) atoms. The van der Waals surface area contributed by atoms with Gasteiger partial charge in [-0.2, -0.15) is 0 Å². The number of hydrogen-bond acceptors (Lipinski definition) is 3. The van der Waals surface area contributed by atoms with E-state index in [0.29, 0.717) is 11.1 Å². The van der Waals surface area contributed by atoms with Gasteiger partial charge in [0, 0.05) is 24.4 Å². The van der Waals surface area contributed by atoms with Crippen molar-refractivity contribution in [3.8, 4) is 0 Å². The van der Waals surface area contributed by atoms with E-state index in [9.17, 15) is 9.59 Å². The summed E-state index contributed by atoms with van der Waals surface area (Å²) in [6, 6.07) is 8.63. The van der Waals surface area contributed by atoms with E-state index in [4.69, 9.17) is 0 Å². The second kappa shape index (κ2) is 5.44. The van der Waals surface area contributed by atoms with Crippen LogP contribution in [0.25, 0.3) is 0 Å². The molecule has 96 valence electrons. The van der Waals surface area contributed by atoms with E-state index in [1.807, 2.05) is 13.0 Å². The molecule has 2 rings (SSSR count). The fourth-order valence-corrected chi connectivity index (χ4v) is 1.80. The number of nitrogens with zero attached hydrogens (tertiary/aromatic N) is 2. The zero-order valence-corrected chi connectivity index (χ0v) is 10.8. The molecule has 0 bridgehead atoms. The highest BCUT2D eigenvalue weighted by Gasteiger charge is 2.14. The van der Waals surface area contributed by atoms with Gasteiger partial charge in [0.2, 0.25) is 0 Å². The molecule has 0 unspecified atom stereocenters. The van der Waals surface area contributed by atoms with E-state index in [2.05, 4.69) is 4.98 Å². The molecule has 0 atom stereocenters. The summed E-state index contributed by atoms with van der Waals surface area (Å²) < 4.78 is 0. The van der Waals surface area contributed by atoms with Crippen molar-refractivity contribution in [1.29, 1.82) is 0 Å². The number of aromatic nitrogens is 1. The minimum absolute atomic E-state index is 0.131. The molecule has 1 aromatic heterocycles. The number of hydrogen-bond donors (Lipinski definition) is 0. The molecular formula is C15H14N2O2. The average molecular weight is 254 g/mol. The Kier molecular flexibility index (Phi) is 3.71. The molecule has 0 aliphatic carbocycles. The van der Waals surface area contributed by atoms with Crippen molar-refractivity contribution in [3.63, 3.8) is 0 Å². The smallest absolute Gasteiger partial charge is 0.258 e. The lowest BCUT2D eigenvalue weighted by Gasteiger charge is -2.17. The van der Waals surface area contributed by atoms with E-state index >= 15 is 0 Å². The zero-order valence-electron chi connectivity index (χ0n) is 10.8. The molecule has 0 saturated carbocycles. The van der Waals surface area contributed by atoms with Gasteiger partial charge in [0.15, 0.2) is 0 Å². The Bertz CT molecular complexity index is 609. The number of amides is 1. The summed E-state index contributed by atoms with van der Waals surface area (Å²) in [5.74, 6) is -0.131. The van der Waals surface area contributed by atoms with Gasteiger partial charge in [0.05, 0.1) is 11.9 Å². The largest absolute Gasteiger partial charge is 0.310 e. The third-order valence-electron chi connectivity index (χ3n) is 2.98. The van der Waals surface area contributed by atoms with Gasteiger partial charge in [-0.25, -0.2) is 0 Å². The monoisotopic (exact) mass is 254 g/mol. The maximum Gasteiger partial charge on any atom is 0.258 e. The Hall–Kier alpha value is -2.49. The Morgan fingerprint density at radius 2 is 2.11 bits per heavy atom. The predicted molar refractivity (Wildman–Crippen MR) is 73.5 cm³/mol. The molecular weight excluding hydrogens is 240 g/mol. The van der Waals surface area contributed by atoms with Crippen LogP contribution in [0.1, 0.15) is 26.3 Å². The van der Waals surface area contributed by atoms with E-state index in [1.54, 1.807) is 43.7 Å². The lowest BCUT2D eigenvalue weighted by Crippen LogP contribution is -2.26. The molecule has 0 saturated heterocycles. The highest BCUT2D eigenvalue weighted by atomic mass is 16.2. The summed E-state index contributed by atoms with van der Waals surface area (Å²) in [6.45, 7) is 1.81. The first kappa shape index (κ1) is 13.0. The minimum Gasteiger partial charge on any atom is -0.310 e. The molecule has 4 nitrogen and oxygen atoms in total. The van der Waals surface area contributed by atoms with Crippen LogP contribution in [0.5, 0.6) is 0 Å². The lowest BCUT2D eigenvalue weighted by atomic mass is 10.1. The van der Waals surface area contributed by atoms with Gasteiger partial charge < -0.3 is 4.90 Å². The molecule has 0 radical (unpaired) electrons. The standard InChI is InChI=1S/C15H14N2O2/c1-11-8-12(5-6-13(11)10-18)15(19)17(2)14-4-3-7-16-9-14/h3-10H,1-2H3. The molecule has 0 aliphatic heterocycles. The van der Waals surface area contributed by atoms with Crippen LogP contribution in [0.4, 0.5) is 5.69 Å². The van der Waals surface area contributed by atoms with Gasteiger partial charge >= 0.3 is 0 Å². The molecule has 0 aliphatic rings. The number of rotatable bonds is 3. The second-order valence-electron chi connectivity index (χ2n) is 4.26. The fourth-order valence-electron chi connectivity index (χ4n) is 1.80. The number of carbonyl (C=O) groups excluding carboxylic acids is 2. The molecule has 0 spiro atoms. The quantitative estimate of drug-likeness (QED) is 0.791. The molecule has 0 N–H and O–H groups in total. The van der Waals surface area contributed by atoms with Gasteiger partial charge in [0.1, 0.15) is 6.29 Å². The summed E-state index contributed by atoms with van der Waals surface area (Å²) in [6.07, 6.45) is 4.07. The Morgan fingerprint density at radius 3 is 2.68 bits per heavy atom. The number of pyridine rings is 1. The Balaban J connectivity index is 2.29. The van der Waals surface area contributed by atoms with Crippen molar-refractivity contribution >= 4 is 17.9 Å². The first-order valence-electron chi connectivity index (χ1n) is 5.87. The number of anilines is 1. The van der Waals surface area contributed by atoms with E-state index in [0.717, 1.165) is 17.5 Å². The third kappa shape index (κ3) is 2.68. The van der Waals surface area contributed by atoms with Gasteiger partial charge in [-0.05, 0) is 36.8 Å². The van der Waals surface area contributed by atoms with Gasteiger partial charge in [-0.15, -0.1) is 0 Å². The maximum atomic E-state index is 12.3. The summed E-state index contributed by atoms with van der Waals surface area (Å²) in [5, 5.41) is 0. The number of benzene rings is 1. The summed E-state index contributed by atoms with van der Waals surface area (Å²) in [4.78, 5) is 28.6. The fraction of sp³-hybridized carbons (Fsp3) is 0.133. The predicted octanol–water partition coefficient (Wildman–Crippen LogP) is 2.48. The van der Waals surface area contributed by atoms with Crippen LogP contribution in [-0.2, 0) is 0 Å². The first-order chi connectivity index (χ1) is 9.13. The number of aryl methyl sites for hydroxylation is 1. The van der Waals surface area contributed by atoms with Crippen molar-refractivity contribution in [2.75, 3.05) is 11.9 Å². The lowest BCUT2D eigenvalue weighted by molar-refractivity contribution is 0.0992. The van der Waals surface area contributed by atoms with Crippen molar-refractivity contribution in [2.45, 2.75) is 6.92 Å². The minimum atomic E-state index is -0.131. The maximum absolute atomic E-state index is 12.3. The van der Waals surface area contributed by atoms with Crippen LogP contribution in [-0.4, -0.2) is 24.2 Å². The van der Waals surface area contributed by atoms with Gasteiger partial charge in [-0.1, -0.05) is 6.07 Å². The van der Waals surface area contributed by atoms with Crippen molar-refractivity contribution < 1.29 is 9.59 Å². The van der Waals surface area contributed by atoms with E-state index in [-0.39, 0.29) is 5.91 Å². The normalized spacial score (nSPS) is 10.0. The SMILES string of the molecule is Cc1cc(C(=O)N(C)c2cccnc2)ccc1C=O. The first-order valence-corrected chi connectivity index (χ1v) is 5.87. The van der Waals surface area contributed by atoms with Crippen LogP contribution < -0.4 is 4.90 Å². The summed E-state index contributed by atoms with van der Waals surface area (Å²) in [7, 11) is 1.70. The molecule has 1 amide bonds. The van der Waals surface area contributed by atoms with Gasteiger partial charge in [-0.3, -0.25) is 14.6 Å². The van der Waals surface area contributed by atoms with Crippen LogP contribution >= 0.6 is 0 Å². The van der Waals surface area contributed by atoms with Crippen molar-refractivity contribution in [2.24, 2.45) is 0 Å².